The summed E-state index contributed by atoms with van der Waals surface area (Å²) in [5, 5.41) is 4.16. The monoisotopic (exact) mass is 817 g/mol. The summed E-state index contributed by atoms with van der Waals surface area (Å²) in [6.45, 7) is 5.77. The number of amides is 1. The third kappa shape index (κ3) is 8.75. The van der Waals surface area contributed by atoms with Crippen molar-refractivity contribution in [2.45, 2.75) is 96.0 Å². The van der Waals surface area contributed by atoms with Crippen molar-refractivity contribution in [3.8, 4) is 22.6 Å². The van der Waals surface area contributed by atoms with Gasteiger partial charge in [0.25, 0.3) is 0 Å². The molecule has 3 heterocycles. The lowest BCUT2D eigenvalue weighted by Gasteiger charge is -2.45. The molecule has 1 saturated carbocycles. The molecule has 1 N–H and O–H groups in total. The van der Waals surface area contributed by atoms with Gasteiger partial charge in [-0.25, -0.2) is 4.79 Å². The second-order valence-corrected chi connectivity index (χ2v) is 16.7. The topological polar surface area (TPSA) is 90.0 Å². The van der Waals surface area contributed by atoms with Gasteiger partial charge in [-0.2, -0.15) is 0 Å². The fourth-order valence-corrected chi connectivity index (χ4v) is 8.86. The second kappa shape index (κ2) is 17.5. The molecule has 5 aromatic rings. The van der Waals surface area contributed by atoms with E-state index in [-0.39, 0.29) is 5.91 Å². The number of hydrogen-bond acceptors (Lipinski definition) is 7. The average Bonchev–Trinajstić information content (AvgIpc) is 3.42. The average molecular weight is 819 g/mol. The van der Waals surface area contributed by atoms with E-state index in [4.69, 9.17) is 37.4 Å². The summed E-state index contributed by atoms with van der Waals surface area (Å²) in [4.78, 5) is 34.2. The fraction of sp³-hybridized carbons (Fsp3) is 0.354. The SMILES string of the molecule is COC(=O)[C@H](Cc1ccc(-c2ccnc(C)c2C)cc1)NC(=O)[C@@H]1Cc2cc3c(cc2CN1C1CCC1)C[C@H](c1ccc(OCc2ccc(Cl)c(Cl)c2)cc1)CCO3. The summed E-state index contributed by atoms with van der Waals surface area (Å²) < 4.78 is 17.7. The van der Waals surface area contributed by atoms with Crippen molar-refractivity contribution in [3.05, 3.63) is 146 Å². The van der Waals surface area contributed by atoms with Gasteiger partial charge in [-0.05, 0) is 138 Å². The minimum atomic E-state index is -0.812. The van der Waals surface area contributed by atoms with Crippen molar-refractivity contribution >= 4 is 35.1 Å². The van der Waals surface area contributed by atoms with Gasteiger partial charge in [0, 0.05) is 30.9 Å². The maximum absolute atomic E-state index is 14.3. The van der Waals surface area contributed by atoms with Crippen LogP contribution in [-0.2, 0) is 46.7 Å². The van der Waals surface area contributed by atoms with Gasteiger partial charge < -0.3 is 19.5 Å². The number of methoxy groups -OCH3 is 1. The molecule has 8 nitrogen and oxygen atoms in total. The van der Waals surface area contributed by atoms with E-state index in [0.717, 1.165) is 82.7 Å². The van der Waals surface area contributed by atoms with Gasteiger partial charge >= 0.3 is 5.97 Å². The number of carbonyl (C=O) groups excluding carboxylic acids is 2. The van der Waals surface area contributed by atoms with Crippen LogP contribution in [0.3, 0.4) is 0 Å². The number of fused-ring (bicyclic) bond motifs is 2. The van der Waals surface area contributed by atoms with E-state index >= 15 is 0 Å². The van der Waals surface area contributed by atoms with E-state index in [2.05, 4.69) is 58.5 Å². The van der Waals surface area contributed by atoms with E-state index in [1.807, 2.05) is 55.6 Å². The number of esters is 1. The molecule has 2 aliphatic heterocycles. The Morgan fingerprint density at radius 2 is 1.66 bits per heavy atom. The predicted octanol–water partition coefficient (Wildman–Crippen LogP) is 9.54. The number of rotatable bonds is 11. The maximum Gasteiger partial charge on any atom is 0.328 e. The molecule has 0 radical (unpaired) electrons. The molecule has 0 unspecified atom stereocenters. The molecule has 1 aliphatic carbocycles. The van der Waals surface area contributed by atoms with Crippen LogP contribution in [0.15, 0.2) is 91.1 Å². The van der Waals surface area contributed by atoms with Crippen LogP contribution >= 0.6 is 23.2 Å². The third-order valence-electron chi connectivity index (χ3n) is 12.3. The number of nitrogens with one attached hydrogen (secondary N) is 1. The molecule has 300 valence electrons. The number of benzene rings is 4. The van der Waals surface area contributed by atoms with Crippen LogP contribution in [0.5, 0.6) is 11.5 Å². The van der Waals surface area contributed by atoms with E-state index in [0.29, 0.717) is 54.6 Å². The van der Waals surface area contributed by atoms with Gasteiger partial charge in [0.2, 0.25) is 5.91 Å². The molecule has 0 saturated heterocycles. The van der Waals surface area contributed by atoms with Crippen LogP contribution in [0, 0.1) is 13.8 Å². The van der Waals surface area contributed by atoms with Gasteiger partial charge in [-0.15, -0.1) is 0 Å². The Bertz CT molecular complexity index is 2290. The number of halogens is 2. The van der Waals surface area contributed by atoms with Crippen LogP contribution < -0.4 is 14.8 Å². The van der Waals surface area contributed by atoms with Crippen molar-refractivity contribution < 1.29 is 23.8 Å². The maximum atomic E-state index is 14.3. The lowest BCUT2D eigenvalue weighted by molar-refractivity contribution is -0.146. The molecule has 1 aromatic heterocycles. The van der Waals surface area contributed by atoms with Gasteiger partial charge in [-0.1, -0.05) is 78.2 Å². The summed E-state index contributed by atoms with van der Waals surface area (Å²) in [6, 6.07) is 27.7. The van der Waals surface area contributed by atoms with Gasteiger partial charge in [0.15, 0.2) is 0 Å². The predicted molar refractivity (Wildman–Crippen MR) is 228 cm³/mol. The normalized spacial score (nSPS) is 18.4. The standard InChI is InChI=1S/C48H49Cl2N3O5/c1-29-30(2)51-19-17-41(29)34-10-7-31(8-11-34)22-44(48(55)56-3)52-47(54)45-25-36-26-46-37(24-38(36)27-53(45)39-5-4-6-39)23-35(18-20-57-46)33-12-14-40(15-13-33)58-28-32-9-16-42(49)43(50)21-32/h7-17,19,21,24,26,35,39,44-45H,4-6,18,20,22-23,25,27-28H2,1-3H3,(H,52,54)/t35-,44+,45+/m1/s1. The minimum Gasteiger partial charge on any atom is -0.493 e. The van der Waals surface area contributed by atoms with Gasteiger partial charge in [-0.3, -0.25) is 14.7 Å². The minimum absolute atomic E-state index is 0.146. The van der Waals surface area contributed by atoms with Crippen LogP contribution in [0.1, 0.15) is 76.2 Å². The van der Waals surface area contributed by atoms with Crippen molar-refractivity contribution in [3.63, 3.8) is 0 Å². The first-order valence-electron chi connectivity index (χ1n) is 20.2. The molecule has 58 heavy (non-hydrogen) atoms. The zero-order valence-electron chi connectivity index (χ0n) is 33.2. The number of aromatic nitrogens is 1. The molecule has 3 atom stereocenters. The van der Waals surface area contributed by atoms with Crippen molar-refractivity contribution in [2.75, 3.05) is 13.7 Å². The smallest absolute Gasteiger partial charge is 0.328 e. The van der Waals surface area contributed by atoms with E-state index in [1.165, 1.54) is 23.8 Å². The largest absolute Gasteiger partial charge is 0.493 e. The number of aryl methyl sites for hydroxylation is 1. The van der Waals surface area contributed by atoms with E-state index in [1.54, 1.807) is 6.07 Å². The molecular formula is C48H49Cl2N3O5. The third-order valence-corrected chi connectivity index (χ3v) is 13.0. The summed E-state index contributed by atoms with van der Waals surface area (Å²) in [6.07, 6.45) is 7.74. The molecular weight excluding hydrogens is 769 g/mol. The highest BCUT2D eigenvalue weighted by atomic mass is 35.5. The second-order valence-electron chi connectivity index (χ2n) is 15.9. The molecule has 8 rings (SSSR count). The molecule has 1 amide bonds. The van der Waals surface area contributed by atoms with Crippen molar-refractivity contribution in [2.24, 2.45) is 0 Å². The Morgan fingerprint density at radius 3 is 2.38 bits per heavy atom. The Hall–Kier alpha value is -4.89. The summed E-state index contributed by atoms with van der Waals surface area (Å²) in [5.74, 6) is 1.38. The van der Waals surface area contributed by atoms with E-state index in [9.17, 15) is 9.59 Å². The first-order chi connectivity index (χ1) is 28.1. The first kappa shape index (κ1) is 39.9. The number of ether oxygens (including phenoxy) is 3. The fourth-order valence-electron chi connectivity index (χ4n) is 8.53. The zero-order valence-corrected chi connectivity index (χ0v) is 34.7. The highest BCUT2D eigenvalue weighted by Gasteiger charge is 2.40. The number of carbonyl (C=O) groups is 2. The molecule has 3 aliphatic rings. The number of pyridine rings is 1. The summed E-state index contributed by atoms with van der Waals surface area (Å²) in [5.41, 5.74) is 11.1. The molecule has 10 heteroatoms. The lowest BCUT2D eigenvalue weighted by atomic mass is 9.83. The molecule has 0 spiro atoms. The number of hydrogen-bond donors (Lipinski definition) is 1. The Morgan fingerprint density at radius 1 is 0.879 bits per heavy atom. The molecule has 1 fully saturated rings. The highest BCUT2D eigenvalue weighted by molar-refractivity contribution is 6.42. The first-order valence-corrected chi connectivity index (χ1v) is 21.0. The van der Waals surface area contributed by atoms with Crippen molar-refractivity contribution in [1.82, 2.24) is 15.2 Å². The lowest BCUT2D eigenvalue weighted by Crippen LogP contribution is -2.58. The van der Waals surface area contributed by atoms with Crippen LogP contribution in [-0.4, -0.2) is 53.6 Å². The van der Waals surface area contributed by atoms with Gasteiger partial charge in [0.1, 0.15) is 24.1 Å². The summed E-state index contributed by atoms with van der Waals surface area (Å²) >= 11 is 12.3. The molecule has 0 bridgehead atoms. The number of nitrogens with zero attached hydrogens (tertiary/aromatic N) is 2. The van der Waals surface area contributed by atoms with Crippen molar-refractivity contribution in [1.29, 1.82) is 0 Å². The highest BCUT2D eigenvalue weighted by Crippen LogP contribution is 2.39. The van der Waals surface area contributed by atoms with Crippen LogP contribution in [0.2, 0.25) is 10.0 Å². The van der Waals surface area contributed by atoms with Crippen LogP contribution in [0.4, 0.5) is 0 Å². The molecule has 4 aromatic carbocycles. The van der Waals surface area contributed by atoms with Gasteiger partial charge in [0.05, 0.1) is 29.8 Å². The Balaban J connectivity index is 0.954. The Kier molecular flexibility index (Phi) is 12.1. The quantitative estimate of drug-likeness (QED) is 0.133. The summed E-state index contributed by atoms with van der Waals surface area (Å²) in [7, 11) is 1.37. The van der Waals surface area contributed by atoms with E-state index < -0.39 is 18.1 Å². The zero-order chi connectivity index (χ0) is 40.3. The van der Waals surface area contributed by atoms with Crippen LogP contribution in [0.25, 0.3) is 11.1 Å². The Labute approximate surface area is 350 Å².